The topological polar surface area (TPSA) is 94.4 Å². The summed E-state index contributed by atoms with van der Waals surface area (Å²) >= 11 is 0. The van der Waals surface area contributed by atoms with Crippen LogP contribution in [0, 0.1) is 19.8 Å². The molecular formula is C23H28N6O3. The second-order valence-electron chi connectivity index (χ2n) is 7.93. The van der Waals surface area contributed by atoms with Crippen LogP contribution in [0.15, 0.2) is 36.4 Å². The molecule has 32 heavy (non-hydrogen) atoms. The fourth-order valence-corrected chi connectivity index (χ4v) is 4.01. The quantitative estimate of drug-likeness (QED) is 0.634. The lowest BCUT2D eigenvalue weighted by molar-refractivity contribution is -0.120. The molecule has 0 spiro atoms. The van der Waals surface area contributed by atoms with Gasteiger partial charge in [-0.2, -0.15) is 5.10 Å². The number of benzene rings is 1. The molecule has 0 bridgehead atoms. The average Bonchev–Trinajstić information content (AvgIpc) is 3.16. The number of hydrogen-bond donors (Lipinski definition) is 1. The molecule has 3 aromatic rings. The first kappa shape index (κ1) is 21.6. The van der Waals surface area contributed by atoms with Gasteiger partial charge < -0.3 is 19.7 Å². The number of hydrogen-bond acceptors (Lipinski definition) is 7. The fourth-order valence-electron chi connectivity index (χ4n) is 4.01. The van der Waals surface area contributed by atoms with Gasteiger partial charge in [-0.05, 0) is 57.0 Å². The van der Waals surface area contributed by atoms with Gasteiger partial charge in [-0.3, -0.25) is 4.79 Å². The number of piperidine rings is 1. The van der Waals surface area contributed by atoms with Crippen LogP contribution < -0.4 is 19.7 Å². The Bertz CT molecular complexity index is 1100. The second kappa shape index (κ2) is 9.25. The summed E-state index contributed by atoms with van der Waals surface area (Å²) in [6.07, 6.45) is 1.71. The second-order valence-corrected chi connectivity index (χ2v) is 7.93. The Labute approximate surface area is 187 Å². The standard InChI is InChI=1S/C23H28N6O3/c1-15-12-16(2)29(27-15)22-10-9-21(25-26-22)28-11-5-6-17(14-28)23(30)24-19-13-18(31-3)7-8-20(19)32-4/h7-10,12-13,17H,5-6,11,14H2,1-4H3,(H,24,30). The Hall–Kier alpha value is -3.62. The first-order valence-electron chi connectivity index (χ1n) is 10.6. The number of ether oxygens (including phenoxy) is 2. The number of carbonyl (C=O) groups is 1. The molecule has 1 N–H and O–H groups in total. The Morgan fingerprint density at radius 1 is 1.06 bits per heavy atom. The Morgan fingerprint density at radius 2 is 1.84 bits per heavy atom. The van der Waals surface area contributed by atoms with E-state index in [2.05, 4.69) is 25.5 Å². The van der Waals surface area contributed by atoms with E-state index >= 15 is 0 Å². The highest BCUT2D eigenvalue weighted by molar-refractivity contribution is 5.94. The lowest BCUT2D eigenvalue weighted by Crippen LogP contribution is -2.41. The summed E-state index contributed by atoms with van der Waals surface area (Å²) in [7, 11) is 3.17. The van der Waals surface area contributed by atoms with E-state index in [-0.39, 0.29) is 11.8 Å². The van der Waals surface area contributed by atoms with Crippen LogP contribution in [-0.4, -0.2) is 53.2 Å². The molecule has 168 valence electrons. The van der Waals surface area contributed by atoms with Crippen LogP contribution in [-0.2, 0) is 4.79 Å². The summed E-state index contributed by atoms with van der Waals surface area (Å²) in [6.45, 7) is 5.35. The molecule has 1 unspecified atom stereocenters. The van der Waals surface area contributed by atoms with Crippen LogP contribution in [0.2, 0.25) is 0 Å². The molecule has 1 saturated heterocycles. The number of aromatic nitrogens is 4. The first-order chi connectivity index (χ1) is 15.5. The van der Waals surface area contributed by atoms with Crippen molar-refractivity contribution in [1.29, 1.82) is 0 Å². The zero-order valence-electron chi connectivity index (χ0n) is 18.8. The van der Waals surface area contributed by atoms with Gasteiger partial charge in [0.15, 0.2) is 11.6 Å². The molecule has 1 amide bonds. The van der Waals surface area contributed by atoms with Crippen molar-refractivity contribution in [2.45, 2.75) is 26.7 Å². The summed E-state index contributed by atoms with van der Waals surface area (Å²) in [6, 6.07) is 11.2. The minimum absolute atomic E-state index is 0.0477. The predicted octanol–water partition coefficient (Wildman–Crippen LogP) is 3.15. The van der Waals surface area contributed by atoms with Gasteiger partial charge in [0.25, 0.3) is 0 Å². The minimum Gasteiger partial charge on any atom is -0.497 e. The normalized spacial score (nSPS) is 16.0. The summed E-state index contributed by atoms with van der Waals surface area (Å²) in [5.41, 5.74) is 2.54. The van der Waals surface area contributed by atoms with Gasteiger partial charge in [0.2, 0.25) is 5.91 Å². The summed E-state index contributed by atoms with van der Waals surface area (Å²) in [5, 5.41) is 16.2. The molecule has 1 fully saturated rings. The zero-order valence-corrected chi connectivity index (χ0v) is 18.8. The van der Waals surface area contributed by atoms with E-state index in [1.165, 1.54) is 0 Å². The molecule has 9 heteroatoms. The van der Waals surface area contributed by atoms with Gasteiger partial charge in [-0.15, -0.1) is 10.2 Å². The maximum absolute atomic E-state index is 13.0. The number of rotatable bonds is 6. The molecule has 1 aromatic carbocycles. The number of amides is 1. The number of anilines is 2. The van der Waals surface area contributed by atoms with E-state index in [0.717, 1.165) is 36.6 Å². The predicted molar refractivity (Wildman–Crippen MR) is 122 cm³/mol. The molecule has 1 aliphatic heterocycles. The van der Waals surface area contributed by atoms with Gasteiger partial charge in [-0.1, -0.05) is 0 Å². The molecule has 9 nitrogen and oxygen atoms in total. The molecule has 0 aliphatic carbocycles. The van der Waals surface area contributed by atoms with Crippen molar-refractivity contribution in [1.82, 2.24) is 20.0 Å². The van der Waals surface area contributed by atoms with Crippen LogP contribution in [0.4, 0.5) is 11.5 Å². The van der Waals surface area contributed by atoms with Crippen molar-refractivity contribution in [3.8, 4) is 17.3 Å². The van der Waals surface area contributed by atoms with Gasteiger partial charge in [-0.25, -0.2) is 4.68 Å². The Morgan fingerprint density at radius 3 is 2.50 bits per heavy atom. The van der Waals surface area contributed by atoms with Gasteiger partial charge in [0, 0.05) is 24.8 Å². The van der Waals surface area contributed by atoms with E-state index < -0.39 is 0 Å². The number of nitrogens with zero attached hydrogens (tertiary/aromatic N) is 5. The summed E-state index contributed by atoms with van der Waals surface area (Å²) in [5.74, 6) is 2.47. The summed E-state index contributed by atoms with van der Waals surface area (Å²) < 4.78 is 12.4. The van der Waals surface area contributed by atoms with Crippen molar-refractivity contribution in [3.63, 3.8) is 0 Å². The van der Waals surface area contributed by atoms with Crippen molar-refractivity contribution < 1.29 is 14.3 Å². The van der Waals surface area contributed by atoms with Crippen molar-refractivity contribution in [2.24, 2.45) is 5.92 Å². The van der Waals surface area contributed by atoms with E-state index in [1.807, 2.05) is 32.0 Å². The maximum atomic E-state index is 13.0. The highest BCUT2D eigenvalue weighted by atomic mass is 16.5. The van der Waals surface area contributed by atoms with Crippen LogP contribution in [0.1, 0.15) is 24.2 Å². The number of carbonyl (C=O) groups excluding carboxylic acids is 1. The van der Waals surface area contributed by atoms with Gasteiger partial charge in [0.05, 0.1) is 31.5 Å². The van der Waals surface area contributed by atoms with E-state index in [1.54, 1.807) is 37.1 Å². The van der Waals surface area contributed by atoms with E-state index in [0.29, 0.717) is 29.5 Å². The third-order valence-corrected chi connectivity index (χ3v) is 5.64. The smallest absolute Gasteiger partial charge is 0.229 e. The van der Waals surface area contributed by atoms with Gasteiger partial charge in [0.1, 0.15) is 11.5 Å². The molecule has 0 saturated carbocycles. The van der Waals surface area contributed by atoms with E-state index in [4.69, 9.17) is 9.47 Å². The maximum Gasteiger partial charge on any atom is 0.229 e. The number of nitrogens with one attached hydrogen (secondary N) is 1. The lowest BCUT2D eigenvalue weighted by atomic mass is 9.97. The number of methoxy groups -OCH3 is 2. The fraction of sp³-hybridized carbons (Fsp3) is 0.391. The summed E-state index contributed by atoms with van der Waals surface area (Å²) in [4.78, 5) is 15.1. The third kappa shape index (κ3) is 4.51. The van der Waals surface area contributed by atoms with Crippen molar-refractivity contribution in [2.75, 3.05) is 37.5 Å². The SMILES string of the molecule is COc1ccc(OC)c(NC(=O)C2CCCN(c3ccc(-n4nc(C)cc4C)nn3)C2)c1. The highest BCUT2D eigenvalue weighted by Gasteiger charge is 2.27. The minimum atomic E-state index is -0.169. The Balaban J connectivity index is 1.45. The molecular weight excluding hydrogens is 408 g/mol. The monoisotopic (exact) mass is 436 g/mol. The largest absolute Gasteiger partial charge is 0.497 e. The van der Waals surface area contributed by atoms with Crippen LogP contribution in [0.25, 0.3) is 5.82 Å². The molecule has 3 heterocycles. The molecule has 4 rings (SSSR count). The van der Waals surface area contributed by atoms with Crippen molar-refractivity contribution >= 4 is 17.4 Å². The number of aryl methyl sites for hydroxylation is 2. The molecule has 1 aliphatic rings. The van der Waals surface area contributed by atoms with Crippen molar-refractivity contribution in [3.05, 3.63) is 47.8 Å². The zero-order chi connectivity index (χ0) is 22.7. The molecule has 0 radical (unpaired) electrons. The average molecular weight is 437 g/mol. The Kier molecular flexibility index (Phi) is 6.25. The van der Waals surface area contributed by atoms with Crippen LogP contribution >= 0.6 is 0 Å². The van der Waals surface area contributed by atoms with Crippen LogP contribution in [0.5, 0.6) is 11.5 Å². The molecule has 1 atom stereocenters. The lowest BCUT2D eigenvalue weighted by Gasteiger charge is -2.32. The molecule has 2 aromatic heterocycles. The van der Waals surface area contributed by atoms with Gasteiger partial charge >= 0.3 is 0 Å². The van der Waals surface area contributed by atoms with Crippen LogP contribution in [0.3, 0.4) is 0 Å². The first-order valence-corrected chi connectivity index (χ1v) is 10.6. The van der Waals surface area contributed by atoms with E-state index in [9.17, 15) is 4.79 Å². The third-order valence-electron chi connectivity index (χ3n) is 5.64. The highest BCUT2D eigenvalue weighted by Crippen LogP contribution is 2.30.